The van der Waals surface area contributed by atoms with Crippen molar-refractivity contribution in [2.45, 2.75) is 36.2 Å². The Balaban J connectivity index is 1.90. The molecule has 7 nitrogen and oxygen atoms in total. The monoisotopic (exact) mass is 472 g/mol. The highest BCUT2D eigenvalue weighted by molar-refractivity contribution is 7.90. The minimum absolute atomic E-state index is 0.0521. The van der Waals surface area contributed by atoms with Crippen molar-refractivity contribution in [3.63, 3.8) is 0 Å². The molecule has 0 spiro atoms. The molecule has 1 amide bonds. The number of carbonyl (C=O) groups is 1. The van der Waals surface area contributed by atoms with Crippen molar-refractivity contribution in [3.05, 3.63) is 47.0 Å². The number of rotatable bonds is 7. The van der Waals surface area contributed by atoms with Crippen LogP contribution in [-0.2, 0) is 14.6 Å². The van der Waals surface area contributed by atoms with Crippen LogP contribution >= 0.6 is 11.3 Å². The van der Waals surface area contributed by atoms with Crippen molar-refractivity contribution in [3.8, 4) is 0 Å². The van der Waals surface area contributed by atoms with Crippen molar-refractivity contribution in [2.24, 2.45) is 5.92 Å². The van der Waals surface area contributed by atoms with Crippen molar-refractivity contribution in [2.75, 3.05) is 18.2 Å². The van der Waals surface area contributed by atoms with Crippen LogP contribution in [0.3, 0.4) is 0 Å². The van der Waals surface area contributed by atoms with Gasteiger partial charge in [0.05, 0.1) is 17.2 Å². The molecule has 11 heteroatoms. The molecule has 0 bridgehead atoms. The molecule has 1 aromatic carbocycles. The third-order valence-corrected chi connectivity index (χ3v) is 6.85. The number of hydrogen-bond donors (Lipinski definition) is 3. The average Bonchev–Trinajstić information content (AvgIpc) is 3.31. The van der Waals surface area contributed by atoms with Gasteiger partial charge < -0.3 is 10.2 Å². The predicted molar refractivity (Wildman–Crippen MR) is 113 cm³/mol. The second kappa shape index (κ2) is 9.51. The van der Waals surface area contributed by atoms with Crippen LogP contribution in [0.5, 0.6) is 0 Å². The first-order valence-corrected chi connectivity index (χ1v) is 12.2. The zero-order valence-electron chi connectivity index (χ0n) is 16.5. The normalized spacial score (nSPS) is 23.0. The number of carbonyl (C=O) groups excluding carboxylic acids is 1. The summed E-state index contributed by atoms with van der Waals surface area (Å²) >= 11 is 1.04. The van der Waals surface area contributed by atoms with Crippen LogP contribution in [0, 0.1) is 5.92 Å². The van der Waals surface area contributed by atoms with Crippen molar-refractivity contribution < 1.29 is 32.2 Å². The lowest BCUT2D eigenvalue weighted by Gasteiger charge is -2.11. The van der Waals surface area contributed by atoms with Gasteiger partial charge in [-0.1, -0.05) is 18.2 Å². The first-order chi connectivity index (χ1) is 14.6. The van der Waals surface area contributed by atoms with Gasteiger partial charge in [-0.25, -0.2) is 22.2 Å². The number of amides is 1. The molecule has 0 radical (unpaired) electrons. The SMILES string of the molecule is CS(=O)(=O)c1ccc(/C(=C\C2C[C@@H](F)[C@@H](F)C2)C(=O)Nc2nc([C@H](O)CO)cs2)cc1. The van der Waals surface area contributed by atoms with Crippen LogP contribution in [0.2, 0.25) is 0 Å². The van der Waals surface area contributed by atoms with Gasteiger partial charge in [0.2, 0.25) is 0 Å². The zero-order valence-corrected chi connectivity index (χ0v) is 18.2. The second-order valence-electron chi connectivity index (χ2n) is 7.37. The van der Waals surface area contributed by atoms with E-state index >= 15 is 0 Å². The highest BCUT2D eigenvalue weighted by atomic mass is 32.2. The number of benzene rings is 1. The second-order valence-corrected chi connectivity index (χ2v) is 10.2. The van der Waals surface area contributed by atoms with Gasteiger partial charge in [-0.05, 0) is 36.5 Å². The molecule has 2 aromatic rings. The number of thiazole rings is 1. The average molecular weight is 473 g/mol. The summed E-state index contributed by atoms with van der Waals surface area (Å²) in [6.07, 6.45) is -1.92. The molecule has 4 atom stereocenters. The van der Waals surface area contributed by atoms with E-state index in [4.69, 9.17) is 5.11 Å². The third-order valence-electron chi connectivity index (χ3n) is 4.95. The first kappa shape index (κ1) is 23.5. The summed E-state index contributed by atoms with van der Waals surface area (Å²) in [6.45, 7) is -0.522. The van der Waals surface area contributed by atoms with E-state index in [0.717, 1.165) is 17.6 Å². The fourth-order valence-corrected chi connectivity index (χ4v) is 4.66. The standard InChI is InChI=1S/C20H22F2N2O5S2/c1-31(28,29)13-4-2-12(3-5-13)14(6-11-7-15(21)16(22)8-11)19(27)24-20-23-17(10-30-20)18(26)9-25/h2-6,10-11,15-16,18,25-26H,7-9H2,1H3,(H,23,24,27)/b14-6+/t11?,15-,16+,18-/m1/s1. The number of anilines is 1. The maximum atomic E-state index is 13.6. The Hall–Kier alpha value is -2.21. The number of aliphatic hydroxyl groups is 2. The molecular formula is C20H22F2N2O5S2. The van der Waals surface area contributed by atoms with Gasteiger partial charge in [-0.15, -0.1) is 11.3 Å². The Morgan fingerprint density at radius 2 is 1.90 bits per heavy atom. The summed E-state index contributed by atoms with van der Waals surface area (Å²) in [5, 5.41) is 22.9. The number of aliphatic hydroxyl groups excluding tert-OH is 2. The quantitative estimate of drug-likeness (QED) is 0.534. The lowest BCUT2D eigenvalue weighted by atomic mass is 9.98. The molecule has 3 rings (SSSR count). The van der Waals surface area contributed by atoms with Gasteiger partial charge >= 0.3 is 0 Å². The first-order valence-electron chi connectivity index (χ1n) is 9.44. The van der Waals surface area contributed by atoms with Crippen LogP contribution < -0.4 is 5.32 Å². The number of hydrogen-bond acceptors (Lipinski definition) is 7. The minimum atomic E-state index is -3.43. The molecule has 1 fully saturated rings. The van der Waals surface area contributed by atoms with E-state index in [2.05, 4.69) is 10.3 Å². The summed E-state index contributed by atoms with van der Waals surface area (Å²) in [5.74, 6) is -1.09. The lowest BCUT2D eigenvalue weighted by molar-refractivity contribution is -0.111. The summed E-state index contributed by atoms with van der Waals surface area (Å²) in [7, 11) is -3.43. The van der Waals surface area contributed by atoms with E-state index in [1.165, 1.54) is 35.7 Å². The Bertz CT molecular complexity index is 1060. The van der Waals surface area contributed by atoms with Gasteiger partial charge in [0.1, 0.15) is 18.4 Å². The molecule has 0 saturated heterocycles. The summed E-state index contributed by atoms with van der Waals surface area (Å²) in [5.41, 5.74) is 0.711. The molecule has 1 aromatic heterocycles. The van der Waals surface area contributed by atoms with Crippen molar-refractivity contribution in [1.82, 2.24) is 4.98 Å². The van der Waals surface area contributed by atoms with Gasteiger partial charge in [-0.2, -0.15) is 0 Å². The highest BCUT2D eigenvalue weighted by Crippen LogP contribution is 2.34. The lowest BCUT2D eigenvalue weighted by Crippen LogP contribution is -2.15. The molecule has 31 heavy (non-hydrogen) atoms. The van der Waals surface area contributed by atoms with Crippen LogP contribution in [0.25, 0.3) is 5.57 Å². The van der Waals surface area contributed by atoms with E-state index in [1.807, 2.05) is 0 Å². The fourth-order valence-electron chi connectivity index (χ4n) is 3.28. The van der Waals surface area contributed by atoms with E-state index in [1.54, 1.807) is 0 Å². The minimum Gasteiger partial charge on any atom is -0.393 e. The topological polar surface area (TPSA) is 117 Å². The van der Waals surface area contributed by atoms with E-state index in [-0.39, 0.29) is 34.1 Å². The molecule has 1 unspecified atom stereocenters. The molecule has 1 heterocycles. The molecule has 1 aliphatic rings. The number of alkyl halides is 2. The van der Waals surface area contributed by atoms with E-state index in [0.29, 0.717) is 5.56 Å². The Kier molecular flexibility index (Phi) is 7.20. The number of halogens is 2. The Morgan fingerprint density at radius 3 is 2.45 bits per heavy atom. The largest absolute Gasteiger partial charge is 0.393 e. The molecule has 3 N–H and O–H groups in total. The summed E-state index contributed by atoms with van der Waals surface area (Å²) in [6, 6.07) is 5.63. The molecule has 0 aliphatic heterocycles. The fraction of sp³-hybridized carbons (Fsp3) is 0.400. The van der Waals surface area contributed by atoms with E-state index < -0.39 is 46.7 Å². The van der Waals surface area contributed by atoms with Crippen LogP contribution in [0.1, 0.15) is 30.2 Å². The van der Waals surface area contributed by atoms with Crippen molar-refractivity contribution >= 4 is 37.8 Å². The van der Waals surface area contributed by atoms with E-state index in [9.17, 15) is 27.1 Å². The third kappa shape index (κ3) is 5.73. The molecule has 1 aliphatic carbocycles. The summed E-state index contributed by atoms with van der Waals surface area (Å²) in [4.78, 5) is 17.1. The number of sulfone groups is 1. The maximum Gasteiger partial charge on any atom is 0.257 e. The number of allylic oxidation sites excluding steroid dienone is 1. The van der Waals surface area contributed by atoms with Crippen LogP contribution in [0.15, 0.2) is 40.6 Å². The van der Waals surface area contributed by atoms with Crippen molar-refractivity contribution in [1.29, 1.82) is 0 Å². The Labute approximate surface area is 182 Å². The zero-order chi connectivity index (χ0) is 22.8. The highest BCUT2D eigenvalue weighted by Gasteiger charge is 2.34. The molecular weight excluding hydrogens is 450 g/mol. The number of nitrogens with zero attached hydrogens (tertiary/aromatic N) is 1. The summed E-state index contributed by atoms with van der Waals surface area (Å²) < 4.78 is 50.7. The van der Waals surface area contributed by atoms with Gasteiger partial charge in [0.25, 0.3) is 5.91 Å². The Morgan fingerprint density at radius 1 is 1.29 bits per heavy atom. The van der Waals surface area contributed by atoms with Gasteiger partial charge in [-0.3, -0.25) is 10.1 Å². The maximum absolute atomic E-state index is 13.6. The van der Waals surface area contributed by atoms with Crippen LogP contribution in [0.4, 0.5) is 13.9 Å². The predicted octanol–water partition coefficient (Wildman–Crippen LogP) is 2.68. The van der Waals surface area contributed by atoms with Crippen LogP contribution in [-0.4, -0.2) is 54.7 Å². The molecule has 168 valence electrons. The molecule has 1 saturated carbocycles. The number of nitrogens with one attached hydrogen (secondary N) is 1. The smallest absolute Gasteiger partial charge is 0.257 e. The van der Waals surface area contributed by atoms with Gasteiger partial charge in [0, 0.05) is 17.2 Å². The number of aromatic nitrogens is 1. The van der Waals surface area contributed by atoms with Gasteiger partial charge in [0.15, 0.2) is 15.0 Å².